The zero-order valence-electron chi connectivity index (χ0n) is 12.5. The van der Waals surface area contributed by atoms with Gasteiger partial charge >= 0.3 is 5.97 Å². The molecule has 0 amide bonds. The lowest BCUT2D eigenvalue weighted by Crippen LogP contribution is -2.41. The molecule has 3 N–H and O–H groups in total. The predicted octanol–water partition coefficient (Wildman–Crippen LogP) is 1.73. The van der Waals surface area contributed by atoms with Gasteiger partial charge in [-0.2, -0.15) is 0 Å². The molecule has 2 heterocycles. The van der Waals surface area contributed by atoms with E-state index in [0.717, 1.165) is 22.2 Å². The largest absolute Gasteiger partial charge is 0.496 e. The van der Waals surface area contributed by atoms with Gasteiger partial charge in [0, 0.05) is 24.4 Å². The number of fused-ring (bicyclic) bond motifs is 3. The quantitative estimate of drug-likeness (QED) is 0.749. The smallest absolute Gasteiger partial charge is 0.326 e. The molecule has 0 fully saturated rings. The van der Waals surface area contributed by atoms with Crippen LogP contribution in [0.3, 0.4) is 0 Å². The maximum atomic E-state index is 11.5. The maximum absolute atomic E-state index is 11.5. The molecule has 0 saturated carbocycles. The normalized spacial score (nSPS) is 19.5. The highest BCUT2D eigenvalue weighted by atomic mass is 16.5. The first kappa shape index (κ1) is 14.5. The van der Waals surface area contributed by atoms with Crippen LogP contribution in [0.15, 0.2) is 30.0 Å². The number of benzene rings is 1. The van der Waals surface area contributed by atoms with E-state index in [1.54, 1.807) is 14.2 Å². The number of methoxy groups -OCH3 is 2. The third-order valence-electron chi connectivity index (χ3n) is 3.89. The molecule has 0 saturated heterocycles. The van der Waals surface area contributed by atoms with Gasteiger partial charge < -0.3 is 24.9 Å². The summed E-state index contributed by atoms with van der Waals surface area (Å²) < 4.78 is 10.5. The van der Waals surface area contributed by atoms with Crippen molar-refractivity contribution in [3.8, 4) is 0 Å². The molecule has 0 spiro atoms. The SMILES string of the molecule is COCC(OC)=C1N[C@H](C(=O)O)Cc2c1[nH]c1ccccc21. The number of aromatic nitrogens is 1. The van der Waals surface area contributed by atoms with Crippen LogP contribution in [0.2, 0.25) is 0 Å². The molecule has 22 heavy (non-hydrogen) atoms. The van der Waals surface area contributed by atoms with Gasteiger partial charge in [0.15, 0.2) is 0 Å². The molecule has 1 aromatic carbocycles. The molecule has 1 aliphatic rings. The number of hydrogen-bond donors (Lipinski definition) is 3. The van der Waals surface area contributed by atoms with Crippen molar-refractivity contribution in [1.82, 2.24) is 10.3 Å². The minimum atomic E-state index is -0.888. The molecule has 0 bridgehead atoms. The lowest BCUT2D eigenvalue weighted by Gasteiger charge is -2.26. The molecule has 0 radical (unpaired) electrons. The third-order valence-corrected chi connectivity index (χ3v) is 3.89. The van der Waals surface area contributed by atoms with E-state index in [1.807, 2.05) is 24.3 Å². The number of aromatic amines is 1. The average molecular weight is 302 g/mol. The van der Waals surface area contributed by atoms with Crippen LogP contribution in [0.25, 0.3) is 16.6 Å². The Kier molecular flexibility index (Phi) is 3.77. The van der Waals surface area contributed by atoms with Gasteiger partial charge in [0.05, 0.1) is 18.5 Å². The van der Waals surface area contributed by atoms with Gasteiger partial charge in [0.2, 0.25) is 0 Å². The minimum Gasteiger partial charge on any atom is -0.496 e. The summed E-state index contributed by atoms with van der Waals surface area (Å²) in [6, 6.07) is 7.18. The van der Waals surface area contributed by atoms with Gasteiger partial charge in [-0.05, 0) is 11.6 Å². The number of aliphatic carboxylic acids is 1. The average Bonchev–Trinajstić information content (AvgIpc) is 2.90. The summed E-state index contributed by atoms with van der Waals surface area (Å²) in [5, 5.41) is 13.5. The summed E-state index contributed by atoms with van der Waals surface area (Å²) in [6.07, 6.45) is 0.419. The monoisotopic (exact) mass is 302 g/mol. The molecule has 116 valence electrons. The molecular weight excluding hydrogens is 284 g/mol. The van der Waals surface area contributed by atoms with E-state index < -0.39 is 12.0 Å². The predicted molar refractivity (Wildman–Crippen MR) is 82.4 cm³/mol. The van der Waals surface area contributed by atoms with Gasteiger partial charge in [0.1, 0.15) is 18.4 Å². The van der Waals surface area contributed by atoms with Crippen molar-refractivity contribution in [3.05, 3.63) is 41.3 Å². The van der Waals surface area contributed by atoms with Crippen LogP contribution < -0.4 is 5.32 Å². The highest BCUT2D eigenvalue weighted by Gasteiger charge is 2.31. The molecular formula is C16H18N2O4. The summed E-state index contributed by atoms with van der Waals surface area (Å²) in [7, 11) is 3.12. The van der Waals surface area contributed by atoms with Gasteiger partial charge in [-0.3, -0.25) is 0 Å². The van der Waals surface area contributed by atoms with Crippen molar-refractivity contribution in [1.29, 1.82) is 0 Å². The Labute approximate surface area is 127 Å². The second-order valence-corrected chi connectivity index (χ2v) is 5.20. The number of rotatable bonds is 4. The lowest BCUT2D eigenvalue weighted by molar-refractivity contribution is -0.139. The van der Waals surface area contributed by atoms with E-state index in [2.05, 4.69) is 10.3 Å². The van der Waals surface area contributed by atoms with E-state index >= 15 is 0 Å². The maximum Gasteiger partial charge on any atom is 0.326 e. The van der Waals surface area contributed by atoms with Crippen LogP contribution in [0, 0.1) is 0 Å². The molecule has 1 aliphatic heterocycles. The van der Waals surface area contributed by atoms with Gasteiger partial charge in [0.25, 0.3) is 0 Å². The van der Waals surface area contributed by atoms with E-state index in [9.17, 15) is 9.90 Å². The molecule has 6 heteroatoms. The second kappa shape index (κ2) is 5.73. The van der Waals surface area contributed by atoms with Crippen molar-refractivity contribution in [3.63, 3.8) is 0 Å². The van der Waals surface area contributed by atoms with Gasteiger partial charge in [-0.15, -0.1) is 0 Å². The van der Waals surface area contributed by atoms with E-state index in [0.29, 0.717) is 17.9 Å². The summed E-state index contributed by atoms with van der Waals surface area (Å²) >= 11 is 0. The van der Waals surface area contributed by atoms with Gasteiger partial charge in [-0.25, -0.2) is 4.79 Å². The van der Waals surface area contributed by atoms with Crippen LogP contribution >= 0.6 is 0 Å². The van der Waals surface area contributed by atoms with Crippen molar-refractivity contribution >= 4 is 22.6 Å². The summed E-state index contributed by atoms with van der Waals surface area (Å²) in [6.45, 7) is 0.264. The molecule has 0 unspecified atom stereocenters. The Morgan fingerprint density at radius 2 is 2.14 bits per heavy atom. The van der Waals surface area contributed by atoms with Crippen LogP contribution in [0.5, 0.6) is 0 Å². The number of carboxylic acid groups (broad SMARTS) is 1. The molecule has 2 aromatic rings. The zero-order valence-corrected chi connectivity index (χ0v) is 12.5. The number of carbonyl (C=O) groups is 1. The third kappa shape index (κ3) is 2.31. The van der Waals surface area contributed by atoms with Crippen molar-refractivity contribution < 1.29 is 19.4 Å². The first-order valence-corrected chi connectivity index (χ1v) is 7.01. The van der Waals surface area contributed by atoms with E-state index in [4.69, 9.17) is 9.47 Å². The lowest BCUT2D eigenvalue weighted by atomic mass is 9.96. The minimum absolute atomic E-state index is 0.264. The Bertz CT molecular complexity index is 748. The highest BCUT2D eigenvalue weighted by Crippen LogP contribution is 2.33. The number of carboxylic acids is 1. The van der Waals surface area contributed by atoms with E-state index in [-0.39, 0.29) is 6.61 Å². The number of para-hydroxylation sites is 1. The summed E-state index contributed by atoms with van der Waals surface area (Å²) in [4.78, 5) is 14.8. The first-order chi connectivity index (χ1) is 10.7. The standard InChI is InChI=1S/C16H18N2O4/c1-21-8-13(22-2)15-14-10(7-12(18-15)16(19)20)9-5-3-4-6-11(9)17-14/h3-6,12,17-18H,7-8H2,1-2H3,(H,19,20)/t12-/m0/s1. The van der Waals surface area contributed by atoms with Crippen molar-refractivity contribution in [2.45, 2.75) is 12.5 Å². The first-order valence-electron chi connectivity index (χ1n) is 7.01. The van der Waals surface area contributed by atoms with Crippen LogP contribution in [0.1, 0.15) is 11.3 Å². The van der Waals surface area contributed by atoms with Crippen LogP contribution in [0.4, 0.5) is 0 Å². The Hall–Kier alpha value is -2.47. The topological polar surface area (TPSA) is 83.6 Å². The van der Waals surface area contributed by atoms with Gasteiger partial charge in [-0.1, -0.05) is 18.2 Å². The molecule has 1 atom stereocenters. The molecule has 1 aromatic heterocycles. The highest BCUT2D eigenvalue weighted by molar-refractivity contribution is 5.92. The summed E-state index contributed by atoms with van der Waals surface area (Å²) in [5.74, 6) is -0.317. The Morgan fingerprint density at radius 1 is 1.36 bits per heavy atom. The number of ether oxygens (including phenoxy) is 2. The molecule has 6 nitrogen and oxygen atoms in total. The fourth-order valence-corrected chi connectivity index (χ4v) is 2.86. The number of H-pyrrole nitrogens is 1. The van der Waals surface area contributed by atoms with Crippen molar-refractivity contribution in [2.75, 3.05) is 20.8 Å². The van der Waals surface area contributed by atoms with Crippen LogP contribution in [-0.2, 0) is 20.7 Å². The number of hydrogen-bond acceptors (Lipinski definition) is 4. The molecule has 3 rings (SSSR count). The summed E-state index contributed by atoms with van der Waals surface area (Å²) in [5.41, 5.74) is 3.48. The Balaban J connectivity index is 2.22. The van der Waals surface area contributed by atoms with Crippen molar-refractivity contribution in [2.24, 2.45) is 0 Å². The fourth-order valence-electron chi connectivity index (χ4n) is 2.86. The fraction of sp³-hybridized carbons (Fsp3) is 0.312. The zero-order chi connectivity index (χ0) is 15.7. The van der Waals surface area contributed by atoms with E-state index in [1.165, 1.54) is 0 Å². The van der Waals surface area contributed by atoms with Crippen LogP contribution in [-0.4, -0.2) is 42.9 Å². The Morgan fingerprint density at radius 3 is 2.82 bits per heavy atom. The molecule has 0 aliphatic carbocycles. The number of nitrogens with one attached hydrogen (secondary N) is 2. The second-order valence-electron chi connectivity index (χ2n) is 5.20.